The van der Waals surface area contributed by atoms with Gasteiger partial charge < -0.3 is 14.6 Å². The highest BCUT2D eigenvalue weighted by atomic mass is 16.5. The molecule has 0 saturated heterocycles. The molecule has 0 aromatic carbocycles. The van der Waals surface area contributed by atoms with Crippen LogP contribution in [0.5, 0.6) is 5.75 Å². The molecule has 0 aliphatic rings. The van der Waals surface area contributed by atoms with Crippen LogP contribution in [0, 0.1) is 0 Å². The number of nitrogens with zero attached hydrogens (tertiary/aromatic N) is 2. The summed E-state index contributed by atoms with van der Waals surface area (Å²) in [6.45, 7) is 10.2. The van der Waals surface area contributed by atoms with Crippen LogP contribution in [0.1, 0.15) is 56.8 Å². The number of carbonyl (C=O) groups is 1. The summed E-state index contributed by atoms with van der Waals surface area (Å²) < 4.78 is 10.9. The Bertz CT molecular complexity index is 467. The van der Waals surface area contributed by atoms with E-state index >= 15 is 0 Å². The number of rotatable bonds is 6. The fourth-order valence-corrected chi connectivity index (χ4v) is 1.42. The third kappa shape index (κ3) is 5.13. The molecule has 0 aliphatic heterocycles. The Morgan fingerprint density at radius 2 is 2.00 bits per heavy atom. The molecular formula is C14H22N2O4. The van der Waals surface area contributed by atoms with Crippen molar-refractivity contribution in [2.24, 2.45) is 0 Å². The van der Waals surface area contributed by atoms with Gasteiger partial charge in [-0.25, -0.2) is 14.8 Å². The van der Waals surface area contributed by atoms with E-state index in [4.69, 9.17) is 14.6 Å². The van der Waals surface area contributed by atoms with E-state index in [0.29, 0.717) is 12.4 Å². The van der Waals surface area contributed by atoms with Gasteiger partial charge in [0.15, 0.2) is 11.4 Å². The lowest BCUT2D eigenvalue weighted by Gasteiger charge is -2.19. The molecule has 0 aliphatic carbocycles. The molecule has 0 radical (unpaired) electrons. The lowest BCUT2D eigenvalue weighted by molar-refractivity contribution is -0.0165. The molecule has 0 fully saturated rings. The van der Waals surface area contributed by atoms with E-state index in [1.165, 1.54) is 6.20 Å². The quantitative estimate of drug-likeness (QED) is 0.807. The highest BCUT2D eigenvalue weighted by molar-refractivity contribution is 5.88. The average molecular weight is 282 g/mol. The highest BCUT2D eigenvalue weighted by Gasteiger charge is 2.17. The largest absolute Gasteiger partial charge is 0.487 e. The first kappa shape index (κ1) is 16.4. The average Bonchev–Trinajstić information content (AvgIpc) is 2.33. The van der Waals surface area contributed by atoms with Crippen LogP contribution in [-0.4, -0.2) is 39.9 Å². The van der Waals surface area contributed by atoms with E-state index in [-0.39, 0.29) is 29.6 Å². The molecule has 0 spiro atoms. The molecule has 0 saturated carbocycles. The first-order valence-electron chi connectivity index (χ1n) is 6.57. The van der Waals surface area contributed by atoms with Gasteiger partial charge in [0, 0.05) is 5.92 Å². The molecule has 0 bridgehead atoms. The summed E-state index contributed by atoms with van der Waals surface area (Å²) in [4.78, 5) is 19.3. The van der Waals surface area contributed by atoms with Crippen LogP contribution in [0.15, 0.2) is 6.20 Å². The molecule has 20 heavy (non-hydrogen) atoms. The third-order valence-electron chi connectivity index (χ3n) is 2.37. The van der Waals surface area contributed by atoms with Crippen LogP contribution in [-0.2, 0) is 4.74 Å². The Hall–Kier alpha value is -1.69. The van der Waals surface area contributed by atoms with Gasteiger partial charge in [-0.15, -0.1) is 0 Å². The van der Waals surface area contributed by atoms with E-state index < -0.39 is 5.97 Å². The number of aromatic carboxylic acids is 1. The number of aromatic nitrogens is 2. The number of carboxylic acid groups (broad SMARTS) is 1. The minimum absolute atomic E-state index is 0.0615. The first-order chi connectivity index (χ1) is 9.20. The van der Waals surface area contributed by atoms with E-state index in [1.54, 1.807) is 0 Å². The molecule has 1 heterocycles. The van der Waals surface area contributed by atoms with Gasteiger partial charge in [0.05, 0.1) is 18.4 Å². The second kappa shape index (κ2) is 6.65. The Morgan fingerprint density at radius 1 is 1.35 bits per heavy atom. The van der Waals surface area contributed by atoms with Crippen LogP contribution in [0.25, 0.3) is 0 Å². The molecule has 6 nitrogen and oxygen atoms in total. The van der Waals surface area contributed by atoms with Gasteiger partial charge >= 0.3 is 5.97 Å². The SMILES string of the molecule is CC(C)c1ncc(OCCOC(C)(C)C)c(C(=O)O)n1. The predicted octanol–water partition coefficient (Wildman–Crippen LogP) is 2.49. The van der Waals surface area contributed by atoms with Gasteiger partial charge in [-0.3, -0.25) is 0 Å². The van der Waals surface area contributed by atoms with Crippen molar-refractivity contribution >= 4 is 5.97 Å². The van der Waals surface area contributed by atoms with Crippen LogP contribution in [0.2, 0.25) is 0 Å². The lowest BCUT2D eigenvalue weighted by atomic mass is 10.2. The van der Waals surface area contributed by atoms with Gasteiger partial charge in [-0.05, 0) is 20.8 Å². The van der Waals surface area contributed by atoms with Crippen molar-refractivity contribution in [1.29, 1.82) is 0 Å². The molecule has 1 aromatic rings. The summed E-state index contributed by atoms with van der Waals surface area (Å²) in [5, 5.41) is 9.16. The third-order valence-corrected chi connectivity index (χ3v) is 2.37. The van der Waals surface area contributed by atoms with E-state index in [0.717, 1.165) is 0 Å². The summed E-state index contributed by atoms with van der Waals surface area (Å²) in [6.07, 6.45) is 1.41. The molecular weight excluding hydrogens is 260 g/mol. The van der Waals surface area contributed by atoms with Crippen molar-refractivity contribution in [3.63, 3.8) is 0 Å². The topological polar surface area (TPSA) is 81.5 Å². The van der Waals surface area contributed by atoms with Gasteiger partial charge in [-0.1, -0.05) is 13.8 Å². The van der Waals surface area contributed by atoms with Crippen LogP contribution in [0.3, 0.4) is 0 Å². The van der Waals surface area contributed by atoms with E-state index in [9.17, 15) is 4.79 Å². The van der Waals surface area contributed by atoms with E-state index in [1.807, 2.05) is 34.6 Å². The normalized spacial score (nSPS) is 11.7. The predicted molar refractivity (Wildman–Crippen MR) is 74.3 cm³/mol. The number of ether oxygens (including phenoxy) is 2. The molecule has 112 valence electrons. The van der Waals surface area contributed by atoms with Gasteiger partial charge in [0.2, 0.25) is 0 Å². The van der Waals surface area contributed by atoms with Crippen molar-refractivity contribution < 1.29 is 19.4 Å². The second-order valence-electron chi connectivity index (χ2n) is 5.71. The highest BCUT2D eigenvalue weighted by Crippen LogP contribution is 2.18. The number of hydrogen-bond acceptors (Lipinski definition) is 5. The first-order valence-corrected chi connectivity index (χ1v) is 6.57. The minimum Gasteiger partial charge on any atom is -0.487 e. The monoisotopic (exact) mass is 282 g/mol. The smallest absolute Gasteiger partial charge is 0.358 e. The standard InChI is InChI=1S/C14H22N2O4/c1-9(2)12-15-8-10(11(16-12)13(17)18)19-6-7-20-14(3,4)5/h8-9H,6-7H2,1-5H3,(H,17,18). The Labute approximate surface area is 119 Å². The van der Waals surface area contributed by atoms with Gasteiger partial charge in [0.25, 0.3) is 0 Å². The number of hydrogen-bond donors (Lipinski definition) is 1. The number of carboxylic acids is 1. The maximum Gasteiger partial charge on any atom is 0.358 e. The zero-order chi connectivity index (χ0) is 15.3. The van der Waals surface area contributed by atoms with Crippen LogP contribution in [0.4, 0.5) is 0 Å². The second-order valence-corrected chi connectivity index (χ2v) is 5.71. The summed E-state index contributed by atoms with van der Waals surface area (Å²) in [7, 11) is 0. The minimum atomic E-state index is -1.12. The zero-order valence-corrected chi connectivity index (χ0v) is 12.6. The van der Waals surface area contributed by atoms with Gasteiger partial charge in [0.1, 0.15) is 12.4 Å². The van der Waals surface area contributed by atoms with Crippen molar-refractivity contribution in [2.45, 2.75) is 46.1 Å². The lowest BCUT2D eigenvalue weighted by Crippen LogP contribution is -2.23. The van der Waals surface area contributed by atoms with E-state index in [2.05, 4.69) is 9.97 Å². The maximum absolute atomic E-state index is 11.2. The van der Waals surface area contributed by atoms with Crippen LogP contribution < -0.4 is 4.74 Å². The molecule has 0 atom stereocenters. The zero-order valence-electron chi connectivity index (χ0n) is 12.6. The fourth-order valence-electron chi connectivity index (χ4n) is 1.42. The Balaban J connectivity index is 2.72. The summed E-state index contributed by atoms with van der Waals surface area (Å²) >= 11 is 0. The molecule has 1 aromatic heterocycles. The Kier molecular flexibility index (Phi) is 5.44. The molecule has 1 rings (SSSR count). The fraction of sp³-hybridized carbons (Fsp3) is 0.643. The molecule has 6 heteroatoms. The molecule has 1 N–H and O–H groups in total. The Morgan fingerprint density at radius 3 is 2.50 bits per heavy atom. The summed E-state index contributed by atoms with van der Waals surface area (Å²) in [5.41, 5.74) is -0.365. The van der Waals surface area contributed by atoms with Crippen LogP contribution >= 0.6 is 0 Å². The maximum atomic E-state index is 11.2. The van der Waals surface area contributed by atoms with Crippen molar-refractivity contribution in [3.8, 4) is 5.75 Å². The molecule has 0 unspecified atom stereocenters. The van der Waals surface area contributed by atoms with Crippen molar-refractivity contribution in [3.05, 3.63) is 17.7 Å². The van der Waals surface area contributed by atoms with Crippen molar-refractivity contribution in [1.82, 2.24) is 9.97 Å². The molecule has 0 amide bonds. The van der Waals surface area contributed by atoms with Gasteiger partial charge in [-0.2, -0.15) is 0 Å². The summed E-state index contributed by atoms with van der Waals surface area (Å²) in [5.74, 6) is -0.410. The summed E-state index contributed by atoms with van der Waals surface area (Å²) in [6, 6.07) is 0. The van der Waals surface area contributed by atoms with Crippen molar-refractivity contribution in [2.75, 3.05) is 13.2 Å².